The molecule has 1 rings (SSSR count). The molecule has 0 aromatic heterocycles. The van der Waals surface area contributed by atoms with Crippen molar-refractivity contribution in [3.8, 4) is 0 Å². The SMILES string of the molecule is C[C@@H]([N-]CC(C)(C)C)c1ccccc1.[Li+]. The average molecular weight is 197 g/mol. The first kappa shape index (κ1) is 14.8. The van der Waals surface area contributed by atoms with E-state index in [2.05, 4.69) is 57.3 Å². The summed E-state index contributed by atoms with van der Waals surface area (Å²) in [6, 6.07) is 10.8. The van der Waals surface area contributed by atoms with Gasteiger partial charge in [-0.05, 0) is 0 Å². The van der Waals surface area contributed by atoms with Gasteiger partial charge in [-0.2, -0.15) is 0 Å². The van der Waals surface area contributed by atoms with Gasteiger partial charge >= 0.3 is 18.9 Å². The number of benzene rings is 1. The third kappa shape index (κ3) is 6.05. The molecule has 15 heavy (non-hydrogen) atoms. The van der Waals surface area contributed by atoms with Crippen LogP contribution in [0.3, 0.4) is 0 Å². The molecule has 0 fully saturated rings. The van der Waals surface area contributed by atoms with Crippen molar-refractivity contribution < 1.29 is 18.9 Å². The maximum atomic E-state index is 4.67. The molecule has 0 aliphatic carbocycles. The molecule has 0 heterocycles. The Morgan fingerprint density at radius 2 is 1.67 bits per heavy atom. The smallest absolute Gasteiger partial charge is 0.656 e. The standard InChI is InChI=1S/C13H20N.Li/c1-11(14-10-13(2,3)4)12-8-6-5-7-9-12;/h5-9,11H,10H2,1-4H3;/q-1;+1/t11-;/m1./s1. The van der Waals surface area contributed by atoms with Crippen molar-refractivity contribution in [3.05, 3.63) is 41.2 Å². The van der Waals surface area contributed by atoms with Gasteiger partial charge < -0.3 is 5.32 Å². The summed E-state index contributed by atoms with van der Waals surface area (Å²) in [6.07, 6.45) is 0. The van der Waals surface area contributed by atoms with E-state index in [9.17, 15) is 0 Å². The first-order chi connectivity index (χ1) is 6.49. The van der Waals surface area contributed by atoms with Crippen LogP contribution in [0.25, 0.3) is 5.32 Å². The van der Waals surface area contributed by atoms with E-state index in [1.54, 1.807) is 0 Å². The summed E-state index contributed by atoms with van der Waals surface area (Å²) in [4.78, 5) is 0. The number of rotatable bonds is 3. The van der Waals surface area contributed by atoms with Crippen LogP contribution in [-0.4, -0.2) is 6.54 Å². The first-order valence-electron chi connectivity index (χ1n) is 5.20. The predicted octanol–water partition coefficient (Wildman–Crippen LogP) is 1.17. The van der Waals surface area contributed by atoms with E-state index in [-0.39, 0.29) is 18.9 Å². The van der Waals surface area contributed by atoms with Crippen molar-refractivity contribution in [1.82, 2.24) is 0 Å². The van der Waals surface area contributed by atoms with Crippen molar-refractivity contribution >= 4 is 0 Å². The summed E-state index contributed by atoms with van der Waals surface area (Å²) >= 11 is 0. The Kier molecular flexibility index (Phi) is 6.28. The molecule has 0 saturated carbocycles. The summed E-state index contributed by atoms with van der Waals surface area (Å²) in [5.41, 5.74) is 1.60. The van der Waals surface area contributed by atoms with Crippen molar-refractivity contribution in [1.29, 1.82) is 0 Å². The van der Waals surface area contributed by atoms with Crippen molar-refractivity contribution in [3.63, 3.8) is 0 Å². The van der Waals surface area contributed by atoms with Crippen LogP contribution < -0.4 is 18.9 Å². The predicted molar refractivity (Wildman–Crippen MR) is 62.5 cm³/mol. The number of hydrogen-bond donors (Lipinski definition) is 0. The van der Waals surface area contributed by atoms with Gasteiger partial charge in [-0.15, -0.1) is 12.6 Å². The topological polar surface area (TPSA) is 14.1 Å². The quantitative estimate of drug-likeness (QED) is 0.646. The van der Waals surface area contributed by atoms with Crippen LogP contribution in [0, 0.1) is 5.41 Å². The molecule has 0 aliphatic heterocycles. The number of hydrogen-bond acceptors (Lipinski definition) is 0. The monoisotopic (exact) mass is 197 g/mol. The summed E-state index contributed by atoms with van der Waals surface area (Å²) < 4.78 is 0. The second kappa shape index (κ2) is 6.38. The fourth-order valence-electron chi connectivity index (χ4n) is 1.25. The fourth-order valence-corrected chi connectivity index (χ4v) is 1.25. The van der Waals surface area contributed by atoms with Crippen LogP contribution in [0.2, 0.25) is 0 Å². The van der Waals surface area contributed by atoms with E-state index in [1.807, 2.05) is 6.07 Å². The molecule has 1 aromatic carbocycles. The van der Waals surface area contributed by atoms with E-state index in [0.717, 1.165) is 6.54 Å². The normalized spacial score (nSPS) is 13.1. The molecule has 0 amide bonds. The molecule has 0 bridgehead atoms. The van der Waals surface area contributed by atoms with Crippen LogP contribution in [0.4, 0.5) is 0 Å². The molecule has 78 valence electrons. The second-order valence-electron chi connectivity index (χ2n) is 4.99. The molecule has 1 atom stereocenters. The maximum Gasteiger partial charge on any atom is 1.00 e. The second-order valence-corrected chi connectivity index (χ2v) is 4.99. The van der Waals surface area contributed by atoms with Gasteiger partial charge in [-0.1, -0.05) is 69.0 Å². The molecule has 0 saturated heterocycles. The Labute approximate surface area is 106 Å². The first-order valence-corrected chi connectivity index (χ1v) is 5.20. The number of nitrogens with zero attached hydrogens (tertiary/aromatic N) is 1. The zero-order valence-electron chi connectivity index (χ0n) is 10.6. The minimum absolute atomic E-state index is 0. The molecule has 0 spiro atoms. The van der Waals surface area contributed by atoms with Crippen LogP contribution in [0.5, 0.6) is 0 Å². The van der Waals surface area contributed by atoms with Gasteiger partial charge in [-0.25, -0.2) is 0 Å². The Morgan fingerprint density at radius 3 is 2.13 bits per heavy atom. The molecular formula is C13H20LiN. The third-order valence-electron chi connectivity index (χ3n) is 2.12. The van der Waals surface area contributed by atoms with Gasteiger partial charge in [-0.3, -0.25) is 0 Å². The van der Waals surface area contributed by atoms with Gasteiger partial charge in [0, 0.05) is 0 Å². The minimum Gasteiger partial charge on any atom is -0.656 e. The molecule has 1 nitrogen and oxygen atoms in total. The van der Waals surface area contributed by atoms with Crippen molar-refractivity contribution in [2.24, 2.45) is 5.41 Å². The van der Waals surface area contributed by atoms with Crippen molar-refractivity contribution in [2.45, 2.75) is 33.7 Å². The summed E-state index contributed by atoms with van der Waals surface area (Å²) in [5.74, 6) is 0. The van der Waals surface area contributed by atoms with Crippen LogP contribution >= 0.6 is 0 Å². The fraction of sp³-hybridized carbons (Fsp3) is 0.538. The maximum absolute atomic E-state index is 4.67. The molecule has 2 heteroatoms. The van der Waals surface area contributed by atoms with E-state index in [1.165, 1.54) is 5.56 Å². The Morgan fingerprint density at radius 1 is 1.13 bits per heavy atom. The van der Waals surface area contributed by atoms with Crippen LogP contribution in [0.1, 0.15) is 39.3 Å². The van der Waals surface area contributed by atoms with Gasteiger partial charge in [0.15, 0.2) is 0 Å². The summed E-state index contributed by atoms with van der Waals surface area (Å²) in [5, 5.41) is 4.67. The van der Waals surface area contributed by atoms with Crippen LogP contribution in [0.15, 0.2) is 30.3 Å². The average Bonchev–Trinajstić information content (AvgIpc) is 2.14. The summed E-state index contributed by atoms with van der Waals surface area (Å²) in [6.45, 7) is 9.72. The molecule has 0 radical (unpaired) electrons. The van der Waals surface area contributed by atoms with Gasteiger partial charge in [0.05, 0.1) is 0 Å². The van der Waals surface area contributed by atoms with E-state index in [4.69, 9.17) is 0 Å². The van der Waals surface area contributed by atoms with E-state index < -0.39 is 0 Å². The van der Waals surface area contributed by atoms with E-state index >= 15 is 0 Å². The zero-order chi connectivity index (χ0) is 10.6. The Bertz CT molecular complexity index is 264. The molecular weight excluding hydrogens is 177 g/mol. The van der Waals surface area contributed by atoms with Gasteiger partial charge in [0.1, 0.15) is 0 Å². The van der Waals surface area contributed by atoms with E-state index in [0.29, 0.717) is 11.5 Å². The molecule has 0 unspecified atom stereocenters. The Balaban J connectivity index is 0.00000196. The minimum atomic E-state index is 0. The van der Waals surface area contributed by atoms with Gasteiger partial charge in [0.2, 0.25) is 0 Å². The molecule has 0 N–H and O–H groups in total. The third-order valence-corrected chi connectivity index (χ3v) is 2.12. The summed E-state index contributed by atoms with van der Waals surface area (Å²) in [7, 11) is 0. The molecule has 1 aromatic rings. The Hall–Kier alpha value is -0.223. The zero-order valence-corrected chi connectivity index (χ0v) is 10.6. The largest absolute Gasteiger partial charge is 1.00 e. The molecule has 0 aliphatic rings. The van der Waals surface area contributed by atoms with Gasteiger partial charge in [0.25, 0.3) is 0 Å². The van der Waals surface area contributed by atoms with Crippen LogP contribution in [-0.2, 0) is 0 Å². The van der Waals surface area contributed by atoms with Crippen molar-refractivity contribution in [2.75, 3.05) is 6.54 Å².